The lowest BCUT2D eigenvalue weighted by Crippen LogP contribution is -2.54. The van der Waals surface area contributed by atoms with Gasteiger partial charge in [-0.3, -0.25) is 4.79 Å². The largest absolute Gasteiger partial charge is 0.547 e. The molecule has 10 nitrogen and oxygen atoms in total. The highest BCUT2D eigenvalue weighted by Crippen LogP contribution is 2.32. The fraction of sp³-hybridized carbons (Fsp3) is 0.143. The number of carbonyl (C=O) groups excluding carboxylic acids is 1. The number of amides is 1. The zero-order valence-electron chi connectivity index (χ0n) is 13.4. The summed E-state index contributed by atoms with van der Waals surface area (Å²) in [6.07, 6.45) is -0.0410. The third-order valence-electron chi connectivity index (χ3n) is 3.82. The first kappa shape index (κ1) is 18.6. The first-order valence-corrected chi connectivity index (χ1v) is 8.33. The van der Waals surface area contributed by atoms with Crippen molar-refractivity contribution in [3.8, 4) is 5.75 Å². The molecule has 6 N–H and O–H groups in total. The van der Waals surface area contributed by atoms with E-state index in [1.807, 2.05) is 0 Å². The van der Waals surface area contributed by atoms with Crippen LogP contribution in [0.3, 0.4) is 0 Å². The Hall–Kier alpha value is -3.19. The second kappa shape index (κ2) is 7.21. The van der Waals surface area contributed by atoms with E-state index in [-0.39, 0.29) is 28.6 Å². The number of nitrogen functional groups attached to an aromatic ring is 1. The molecule has 0 radical (unpaired) electrons. The van der Waals surface area contributed by atoms with E-state index in [0.29, 0.717) is 0 Å². The number of hydrogen-bond donors (Lipinski definition) is 5. The first-order chi connectivity index (χ1) is 12.8. The SMILES string of the molecule is Nc1nc(C(=NO)C(=O)NC2Cc3ccc(F)c(C(=O)O)c3OB2O)cs1. The van der Waals surface area contributed by atoms with E-state index in [0.717, 1.165) is 17.4 Å². The smallest absolute Gasteiger partial charge is 0.534 e. The number of nitrogens with zero attached hydrogens (tertiary/aromatic N) is 2. The Labute approximate surface area is 155 Å². The predicted molar refractivity (Wildman–Crippen MR) is 92.4 cm³/mol. The standard InChI is InChI=1S/C14H12BFN4O6S/c16-6-2-1-5-3-8(15(24)26-11(5)9(6)13(22)23)19-12(21)10(20-25)7-4-27-14(17)18-7/h1-2,4,8,24-25H,3H2,(H2,17,18)(H,19,21)(H,22,23). The van der Waals surface area contributed by atoms with Gasteiger partial charge in [0.25, 0.3) is 5.91 Å². The monoisotopic (exact) mass is 394 g/mol. The van der Waals surface area contributed by atoms with Gasteiger partial charge >= 0.3 is 13.1 Å². The number of anilines is 1. The van der Waals surface area contributed by atoms with Crippen LogP contribution in [0.4, 0.5) is 9.52 Å². The van der Waals surface area contributed by atoms with Gasteiger partial charge in [-0.15, -0.1) is 11.3 Å². The number of hydrogen-bond acceptors (Lipinski definition) is 9. The summed E-state index contributed by atoms with van der Waals surface area (Å²) in [7, 11) is -1.65. The lowest BCUT2D eigenvalue weighted by Gasteiger charge is -2.28. The normalized spacial score (nSPS) is 16.4. The number of oxime groups is 1. The molecule has 1 aromatic carbocycles. The number of halogens is 1. The Balaban J connectivity index is 1.83. The van der Waals surface area contributed by atoms with E-state index >= 15 is 0 Å². The molecular formula is C14H12BFN4O6S. The van der Waals surface area contributed by atoms with Crippen LogP contribution in [-0.4, -0.2) is 51.0 Å². The van der Waals surface area contributed by atoms with E-state index < -0.39 is 42.0 Å². The van der Waals surface area contributed by atoms with Gasteiger partial charge in [0.15, 0.2) is 10.8 Å². The number of carboxylic acid groups (broad SMARTS) is 1. The number of nitrogens with two attached hydrogens (primary N) is 1. The third-order valence-corrected chi connectivity index (χ3v) is 4.49. The number of carboxylic acids is 1. The second-order valence-corrected chi connectivity index (χ2v) is 6.42. The molecule has 27 heavy (non-hydrogen) atoms. The van der Waals surface area contributed by atoms with E-state index in [1.54, 1.807) is 0 Å². The minimum Gasteiger partial charge on any atom is -0.534 e. The van der Waals surface area contributed by atoms with Crippen LogP contribution >= 0.6 is 11.3 Å². The Morgan fingerprint density at radius 2 is 2.22 bits per heavy atom. The lowest BCUT2D eigenvalue weighted by atomic mass is 9.72. The molecule has 1 aliphatic rings. The number of carbonyl (C=O) groups is 2. The van der Waals surface area contributed by atoms with Crippen LogP contribution in [-0.2, 0) is 11.2 Å². The summed E-state index contributed by atoms with van der Waals surface area (Å²) >= 11 is 1.04. The lowest BCUT2D eigenvalue weighted by molar-refractivity contribution is -0.115. The van der Waals surface area contributed by atoms with Crippen LogP contribution in [0.2, 0.25) is 0 Å². The van der Waals surface area contributed by atoms with Gasteiger partial charge in [-0.25, -0.2) is 14.2 Å². The van der Waals surface area contributed by atoms with Gasteiger partial charge in [0.05, 0.1) is 5.94 Å². The maximum Gasteiger partial charge on any atom is 0.547 e. The van der Waals surface area contributed by atoms with Crippen molar-refractivity contribution in [1.82, 2.24) is 10.3 Å². The van der Waals surface area contributed by atoms with Gasteiger partial charge in [-0.05, 0) is 18.1 Å². The van der Waals surface area contributed by atoms with Crippen LogP contribution in [0.5, 0.6) is 5.75 Å². The minimum atomic E-state index is -1.65. The van der Waals surface area contributed by atoms with Crippen molar-refractivity contribution >= 4 is 41.2 Å². The molecule has 0 spiro atoms. The molecule has 3 rings (SSSR count). The van der Waals surface area contributed by atoms with Crippen LogP contribution in [0.25, 0.3) is 0 Å². The fourth-order valence-electron chi connectivity index (χ4n) is 2.61. The summed E-state index contributed by atoms with van der Waals surface area (Å²) in [5, 5.41) is 35.2. The van der Waals surface area contributed by atoms with Crippen molar-refractivity contribution in [2.75, 3.05) is 5.73 Å². The van der Waals surface area contributed by atoms with Crippen molar-refractivity contribution in [1.29, 1.82) is 0 Å². The van der Waals surface area contributed by atoms with Crippen molar-refractivity contribution in [3.05, 3.63) is 40.2 Å². The maximum absolute atomic E-state index is 13.7. The van der Waals surface area contributed by atoms with Gasteiger partial charge in [0, 0.05) is 5.38 Å². The minimum absolute atomic E-state index is 0.0410. The van der Waals surface area contributed by atoms with Crippen LogP contribution in [0.15, 0.2) is 22.7 Å². The second-order valence-electron chi connectivity index (χ2n) is 5.53. The zero-order chi connectivity index (χ0) is 19.7. The van der Waals surface area contributed by atoms with E-state index in [2.05, 4.69) is 15.5 Å². The van der Waals surface area contributed by atoms with E-state index in [1.165, 1.54) is 11.4 Å². The molecular weight excluding hydrogens is 382 g/mol. The molecule has 2 aromatic rings. The summed E-state index contributed by atoms with van der Waals surface area (Å²) in [5.74, 6) is -4.73. The molecule has 13 heteroatoms. The van der Waals surface area contributed by atoms with Gasteiger partial charge < -0.3 is 31.0 Å². The first-order valence-electron chi connectivity index (χ1n) is 7.45. The molecule has 2 heterocycles. The number of nitrogens with one attached hydrogen (secondary N) is 1. The Kier molecular flexibility index (Phi) is 4.96. The average Bonchev–Trinajstić information content (AvgIpc) is 3.02. The summed E-state index contributed by atoms with van der Waals surface area (Å²) in [6, 6.07) is 2.26. The van der Waals surface area contributed by atoms with Crippen LogP contribution in [0.1, 0.15) is 21.6 Å². The van der Waals surface area contributed by atoms with E-state index in [9.17, 15) is 19.0 Å². The number of rotatable bonds is 4. The van der Waals surface area contributed by atoms with Gasteiger partial charge in [0.1, 0.15) is 22.8 Å². The van der Waals surface area contributed by atoms with Crippen LogP contribution in [0, 0.1) is 5.82 Å². The Morgan fingerprint density at radius 1 is 1.48 bits per heavy atom. The highest BCUT2D eigenvalue weighted by atomic mass is 32.1. The molecule has 1 unspecified atom stereocenters. The molecule has 0 aliphatic carbocycles. The summed E-state index contributed by atoms with van der Waals surface area (Å²) < 4.78 is 18.9. The molecule has 1 aliphatic heterocycles. The number of aromatic carboxylic acids is 1. The summed E-state index contributed by atoms with van der Waals surface area (Å²) in [5.41, 5.74) is 4.68. The quantitative estimate of drug-likeness (QED) is 0.207. The predicted octanol–water partition coefficient (Wildman–Crippen LogP) is -0.119. The average molecular weight is 394 g/mol. The highest BCUT2D eigenvalue weighted by Gasteiger charge is 2.39. The summed E-state index contributed by atoms with van der Waals surface area (Å²) in [6.45, 7) is 0. The molecule has 140 valence electrons. The van der Waals surface area contributed by atoms with Gasteiger partial charge in [0.2, 0.25) is 0 Å². The topological polar surface area (TPSA) is 167 Å². The molecule has 1 atom stereocenters. The summed E-state index contributed by atoms with van der Waals surface area (Å²) in [4.78, 5) is 27.4. The zero-order valence-corrected chi connectivity index (χ0v) is 14.2. The Morgan fingerprint density at radius 3 is 2.81 bits per heavy atom. The van der Waals surface area contributed by atoms with Crippen molar-refractivity contribution in [2.24, 2.45) is 5.16 Å². The van der Waals surface area contributed by atoms with Crippen LogP contribution < -0.4 is 15.7 Å². The van der Waals surface area contributed by atoms with Gasteiger partial charge in [-0.1, -0.05) is 11.2 Å². The van der Waals surface area contributed by atoms with Crippen molar-refractivity contribution in [2.45, 2.75) is 12.4 Å². The maximum atomic E-state index is 13.7. The molecule has 0 fully saturated rings. The fourth-order valence-corrected chi connectivity index (χ4v) is 3.15. The van der Waals surface area contributed by atoms with Crippen molar-refractivity contribution in [3.63, 3.8) is 0 Å². The molecule has 0 saturated carbocycles. The molecule has 0 saturated heterocycles. The van der Waals surface area contributed by atoms with Gasteiger partial charge in [-0.2, -0.15) is 0 Å². The van der Waals surface area contributed by atoms with Crippen molar-refractivity contribution < 1.29 is 34.0 Å². The molecule has 1 amide bonds. The number of benzene rings is 1. The van der Waals surface area contributed by atoms with E-state index in [4.69, 9.17) is 20.7 Å². The molecule has 1 aromatic heterocycles. The Bertz CT molecular complexity index is 952. The third kappa shape index (κ3) is 3.54. The number of thiazole rings is 1. The number of aromatic nitrogens is 1. The number of fused-ring (bicyclic) bond motifs is 1. The molecule has 0 bridgehead atoms. The highest BCUT2D eigenvalue weighted by molar-refractivity contribution is 7.13.